The first-order valence-electron chi connectivity index (χ1n) is 8.42. The number of benzene rings is 1. The van der Waals surface area contributed by atoms with Crippen molar-refractivity contribution < 1.29 is 14.0 Å². The molecule has 0 N–H and O–H groups in total. The van der Waals surface area contributed by atoms with Gasteiger partial charge >= 0.3 is 0 Å². The number of carbonyl (C=O) groups excluding carboxylic acids is 2. The van der Waals surface area contributed by atoms with Crippen LogP contribution in [0.15, 0.2) is 28.7 Å². The van der Waals surface area contributed by atoms with Gasteiger partial charge in [0.2, 0.25) is 17.7 Å². The second kappa shape index (κ2) is 7.04. The van der Waals surface area contributed by atoms with Crippen LogP contribution in [-0.4, -0.2) is 58.0 Å². The van der Waals surface area contributed by atoms with Crippen LogP contribution < -0.4 is 0 Å². The van der Waals surface area contributed by atoms with Gasteiger partial charge in [-0.3, -0.25) is 9.59 Å². The second-order valence-electron chi connectivity index (χ2n) is 6.63. The fourth-order valence-electron chi connectivity index (χ4n) is 2.95. The molecule has 0 aliphatic carbocycles. The second-order valence-corrected chi connectivity index (χ2v) is 6.63. The first-order chi connectivity index (χ1) is 12.0. The van der Waals surface area contributed by atoms with E-state index in [9.17, 15) is 9.59 Å². The number of carbonyl (C=O) groups is 2. The zero-order chi connectivity index (χ0) is 18.0. The Morgan fingerprint density at radius 1 is 1.24 bits per heavy atom. The van der Waals surface area contributed by atoms with E-state index in [1.807, 2.05) is 11.0 Å². The molecule has 0 atom stereocenters. The molecule has 7 nitrogen and oxygen atoms in total. The number of aromatic nitrogens is 2. The molecule has 1 saturated heterocycles. The molecule has 1 aliphatic heterocycles. The molecule has 7 heteroatoms. The molecule has 2 amide bonds. The van der Waals surface area contributed by atoms with E-state index in [0.29, 0.717) is 41.9 Å². The van der Waals surface area contributed by atoms with Crippen LogP contribution in [0.5, 0.6) is 0 Å². The van der Waals surface area contributed by atoms with Crippen LogP contribution in [0.3, 0.4) is 0 Å². The van der Waals surface area contributed by atoms with Crippen LogP contribution in [0.4, 0.5) is 0 Å². The third-order valence-electron chi connectivity index (χ3n) is 4.11. The van der Waals surface area contributed by atoms with Gasteiger partial charge in [-0.25, -0.2) is 0 Å². The van der Waals surface area contributed by atoms with Gasteiger partial charge in [0.15, 0.2) is 0 Å². The molecule has 0 unspecified atom stereocenters. The van der Waals surface area contributed by atoms with Gasteiger partial charge < -0.3 is 14.2 Å². The minimum atomic E-state index is -0.191. The molecule has 25 heavy (non-hydrogen) atoms. The quantitative estimate of drug-likeness (QED) is 0.849. The molecule has 1 aliphatic rings. The Morgan fingerprint density at radius 2 is 2.00 bits per heavy atom. The van der Waals surface area contributed by atoms with E-state index in [0.717, 1.165) is 6.54 Å². The van der Waals surface area contributed by atoms with E-state index in [4.69, 9.17) is 4.42 Å². The lowest BCUT2D eigenvalue weighted by Gasteiger charge is -2.35. The fourth-order valence-corrected chi connectivity index (χ4v) is 2.95. The molecule has 132 valence electrons. The van der Waals surface area contributed by atoms with Gasteiger partial charge in [-0.05, 0) is 18.1 Å². The molecular weight excluding hydrogens is 320 g/mol. The predicted molar refractivity (Wildman–Crippen MR) is 91.8 cm³/mol. The lowest BCUT2D eigenvalue weighted by molar-refractivity contribution is -0.135. The van der Waals surface area contributed by atoms with Crippen LogP contribution in [0.1, 0.15) is 30.1 Å². The van der Waals surface area contributed by atoms with Crippen molar-refractivity contribution in [1.29, 1.82) is 0 Å². The van der Waals surface area contributed by atoms with E-state index in [1.54, 1.807) is 30.0 Å². The van der Waals surface area contributed by atoms with E-state index < -0.39 is 0 Å². The fraction of sp³-hybridized carbons (Fsp3) is 0.444. The monoisotopic (exact) mass is 342 g/mol. The number of hydrogen-bond acceptors (Lipinski definition) is 5. The third-order valence-corrected chi connectivity index (χ3v) is 4.11. The summed E-state index contributed by atoms with van der Waals surface area (Å²) >= 11 is 0. The Balaban J connectivity index is 1.80. The zero-order valence-corrected chi connectivity index (χ0v) is 14.7. The van der Waals surface area contributed by atoms with Crippen molar-refractivity contribution in [3.8, 4) is 11.5 Å². The van der Waals surface area contributed by atoms with E-state index >= 15 is 0 Å². The van der Waals surface area contributed by atoms with Gasteiger partial charge in [0.05, 0.1) is 11.1 Å². The highest BCUT2D eigenvalue weighted by Crippen LogP contribution is 2.24. The average Bonchev–Trinajstić information content (AvgIpc) is 3.02. The summed E-state index contributed by atoms with van der Waals surface area (Å²) in [6, 6.07) is 7.10. The Kier molecular flexibility index (Phi) is 4.83. The summed E-state index contributed by atoms with van der Waals surface area (Å²) in [4.78, 5) is 28.7. The molecule has 2 aromatic rings. The summed E-state index contributed by atoms with van der Waals surface area (Å²) in [5.41, 5.74) is 1.06. The largest absolute Gasteiger partial charge is 0.421 e. The minimum Gasteiger partial charge on any atom is -0.421 e. The first-order valence-corrected chi connectivity index (χ1v) is 8.42. The molecule has 0 saturated carbocycles. The van der Waals surface area contributed by atoms with Gasteiger partial charge in [0.25, 0.3) is 5.91 Å². The molecule has 1 aromatic carbocycles. The third kappa shape index (κ3) is 3.70. The highest BCUT2D eigenvalue weighted by Gasteiger charge is 2.29. The molecule has 1 aromatic heterocycles. The number of hydrogen-bond donors (Lipinski definition) is 0. The number of aryl methyl sites for hydroxylation is 1. The lowest BCUT2D eigenvalue weighted by atomic mass is 10.1. The number of piperazine rings is 1. The van der Waals surface area contributed by atoms with Crippen molar-refractivity contribution in [1.82, 2.24) is 20.0 Å². The van der Waals surface area contributed by atoms with Crippen LogP contribution in [0, 0.1) is 12.8 Å². The van der Waals surface area contributed by atoms with Crippen LogP contribution in [0.2, 0.25) is 0 Å². The van der Waals surface area contributed by atoms with Crippen molar-refractivity contribution in [3.63, 3.8) is 0 Å². The Bertz CT molecular complexity index is 784. The Hall–Kier alpha value is -2.70. The van der Waals surface area contributed by atoms with Gasteiger partial charge in [-0.15, -0.1) is 10.2 Å². The Morgan fingerprint density at radius 3 is 2.64 bits per heavy atom. The first kappa shape index (κ1) is 17.1. The van der Waals surface area contributed by atoms with Crippen LogP contribution in [0.25, 0.3) is 11.5 Å². The molecule has 3 rings (SSSR count). The van der Waals surface area contributed by atoms with Crippen molar-refractivity contribution in [3.05, 3.63) is 35.7 Å². The normalized spacial score (nSPS) is 15.1. The van der Waals surface area contributed by atoms with Crippen LogP contribution in [-0.2, 0) is 4.79 Å². The zero-order valence-electron chi connectivity index (χ0n) is 14.7. The van der Waals surface area contributed by atoms with Gasteiger partial charge in [0, 0.05) is 26.6 Å². The topological polar surface area (TPSA) is 79.5 Å². The summed E-state index contributed by atoms with van der Waals surface area (Å²) in [6.45, 7) is 7.76. The maximum absolute atomic E-state index is 12.9. The summed E-state index contributed by atoms with van der Waals surface area (Å²) in [5.74, 6) is 0.956. The summed E-state index contributed by atoms with van der Waals surface area (Å²) in [5, 5.41) is 7.82. The van der Waals surface area contributed by atoms with Crippen molar-refractivity contribution >= 4 is 11.8 Å². The number of nitrogens with zero attached hydrogens (tertiary/aromatic N) is 4. The smallest absolute Gasteiger partial charge is 0.255 e. The highest BCUT2D eigenvalue weighted by atomic mass is 16.4. The SMILES string of the molecule is Cc1nnc(-c2ccccc2C(=O)N2CCN(CC(C)C)C(=O)C2)o1. The minimum absolute atomic E-state index is 0.0144. The van der Waals surface area contributed by atoms with Crippen LogP contribution >= 0.6 is 0 Å². The van der Waals surface area contributed by atoms with Gasteiger partial charge in [-0.2, -0.15) is 0 Å². The molecule has 1 fully saturated rings. The standard InChI is InChI=1S/C18H22N4O3/c1-12(2)10-21-8-9-22(11-16(21)23)18(24)15-7-5-4-6-14(15)17-20-19-13(3)25-17/h4-7,12H,8-11H2,1-3H3. The lowest BCUT2D eigenvalue weighted by Crippen LogP contribution is -2.53. The van der Waals surface area contributed by atoms with E-state index in [1.165, 1.54) is 0 Å². The van der Waals surface area contributed by atoms with Crippen molar-refractivity contribution in [2.75, 3.05) is 26.2 Å². The van der Waals surface area contributed by atoms with Crippen molar-refractivity contribution in [2.45, 2.75) is 20.8 Å². The summed E-state index contributed by atoms with van der Waals surface area (Å²) in [6.07, 6.45) is 0. The molecular formula is C18H22N4O3. The average molecular weight is 342 g/mol. The molecule has 2 heterocycles. The molecule has 0 spiro atoms. The van der Waals surface area contributed by atoms with E-state index in [2.05, 4.69) is 24.0 Å². The number of amides is 2. The molecule has 0 bridgehead atoms. The van der Waals surface area contributed by atoms with Crippen molar-refractivity contribution in [2.24, 2.45) is 5.92 Å². The highest BCUT2D eigenvalue weighted by molar-refractivity contribution is 6.01. The summed E-state index contributed by atoms with van der Waals surface area (Å²) in [7, 11) is 0. The maximum Gasteiger partial charge on any atom is 0.255 e. The molecule has 0 radical (unpaired) electrons. The van der Waals surface area contributed by atoms with Gasteiger partial charge in [0.1, 0.15) is 6.54 Å². The van der Waals surface area contributed by atoms with E-state index in [-0.39, 0.29) is 18.4 Å². The van der Waals surface area contributed by atoms with Gasteiger partial charge in [-0.1, -0.05) is 26.0 Å². The predicted octanol–water partition coefficient (Wildman–Crippen LogP) is 1.99. The Labute approximate surface area is 146 Å². The summed E-state index contributed by atoms with van der Waals surface area (Å²) < 4.78 is 5.46. The maximum atomic E-state index is 12.9. The number of rotatable bonds is 4.